The van der Waals surface area contributed by atoms with Crippen molar-refractivity contribution in [2.24, 2.45) is 5.41 Å². The Balaban J connectivity index is 1.41. The average Bonchev–Trinajstić information content (AvgIpc) is 3.60. The van der Waals surface area contributed by atoms with E-state index in [-0.39, 0.29) is 10.8 Å². The number of fused-ring (bicyclic) bond motifs is 6. The zero-order chi connectivity index (χ0) is 30.6. The Morgan fingerprint density at radius 1 is 0.600 bits per heavy atom. The molecule has 0 spiro atoms. The highest BCUT2D eigenvalue weighted by Gasteiger charge is 2.61. The molecule has 0 aliphatic heterocycles. The number of rotatable bonds is 6. The van der Waals surface area contributed by atoms with E-state index in [4.69, 9.17) is 9.97 Å². The molecule has 0 saturated heterocycles. The van der Waals surface area contributed by atoms with Crippen molar-refractivity contribution in [3.05, 3.63) is 165 Å². The minimum Gasteiger partial charge on any atom is -0.247 e. The fourth-order valence-corrected chi connectivity index (χ4v) is 8.72. The normalized spacial score (nSPS) is 19.3. The highest BCUT2D eigenvalue weighted by molar-refractivity contribution is 7.15. The van der Waals surface area contributed by atoms with Crippen LogP contribution in [0.2, 0.25) is 0 Å². The van der Waals surface area contributed by atoms with Crippen LogP contribution in [-0.4, -0.2) is 9.97 Å². The summed E-state index contributed by atoms with van der Waals surface area (Å²) in [7, 11) is 0. The van der Waals surface area contributed by atoms with E-state index in [1.165, 1.54) is 57.6 Å². The molecule has 0 radical (unpaired) electrons. The predicted octanol–water partition coefficient (Wildman–Crippen LogP) is 11.0. The molecule has 8 rings (SSSR count). The van der Waals surface area contributed by atoms with Crippen molar-refractivity contribution in [1.29, 1.82) is 0 Å². The minimum atomic E-state index is 0.0358. The first kappa shape index (κ1) is 27.9. The van der Waals surface area contributed by atoms with E-state index < -0.39 is 0 Å². The van der Waals surface area contributed by atoms with E-state index in [9.17, 15) is 0 Å². The lowest BCUT2D eigenvalue weighted by Gasteiger charge is -2.34. The van der Waals surface area contributed by atoms with Gasteiger partial charge < -0.3 is 0 Å². The monoisotopic (exact) mass is 600 g/mol. The average molecular weight is 601 g/mol. The molecule has 220 valence electrons. The van der Waals surface area contributed by atoms with Gasteiger partial charge in [0, 0.05) is 11.3 Å². The van der Waals surface area contributed by atoms with Crippen molar-refractivity contribution in [3.63, 3.8) is 0 Å². The van der Waals surface area contributed by atoms with Crippen molar-refractivity contribution in [3.8, 4) is 0 Å². The summed E-state index contributed by atoms with van der Waals surface area (Å²) in [5.74, 6) is 0.442. The van der Waals surface area contributed by atoms with Crippen LogP contribution < -0.4 is 0 Å². The quantitative estimate of drug-likeness (QED) is 0.190. The lowest BCUT2D eigenvalue weighted by atomic mass is 9.70. The van der Waals surface area contributed by atoms with Gasteiger partial charge in [-0.1, -0.05) is 142 Å². The van der Waals surface area contributed by atoms with E-state index in [0.717, 1.165) is 20.8 Å². The molecule has 6 aromatic rings. The molecule has 45 heavy (non-hydrogen) atoms. The van der Waals surface area contributed by atoms with Crippen molar-refractivity contribution >= 4 is 45.7 Å². The van der Waals surface area contributed by atoms with Crippen LogP contribution in [0.3, 0.4) is 0 Å². The number of hydrogen-bond acceptors (Lipinski definition) is 3. The Labute approximate surface area is 269 Å². The van der Waals surface area contributed by atoms with Gasteiger partial charge in [-0.2, -0.15) is 0 Å². The number of thiophene rings is 1. The first-order chi connectivity index (χ1) is 21.9. The fourth-order valence-electron chi connectivity index (χ4n) is 7.65. The maximum absolute atomic E-state index is 5.59. The van der Waals surface area contributed by atoms with E-state index >= 15 is 0 Å². The van der Waals surface area contributed by atoms with Crippen molar-refractivity contribution in [2.45, 2.75) is 44.9 Å². The van der Waals surface area contributed by atoms with Crippen molar-refractivity contribution in [1.82, 2.24) is 9.97 Å². The summed E-state index contributed by atoms with van der Waals surface area (Å²) >= 11 is 1.80. The Morgan fingerprint density at radius 3 is 1.42 bits per heavy atom. The number of aromatic nitrogens is 2. The second kappa shape index (κ2) is 10.8. The molecule has 1 fully saturated rings. The van der Waals surface area contributed by atoms with Crippen LogP contribution in [0.15, 0.2) is 121 Å². The molecule has 2 aliphatic carbocycles. The first-order valence-corrected chi connectivity index (χ1v) is 16.8. The van der Waals surface area contributed by atoms with Crippen LogP contribution in [0.5, 0.6) is 0 Å². The van der Waals surface area contributed by atoms with Gasteiger partial charge in [-0.3, -0.25) is 0 Å². The second-order valence-corrected chi connectivity index (χ2v) is 14.3. The molecular formula is C42H36N2S. The molecule has 2 aliphatic rings. The van der Waals surface area contributed by atoms with Crippen LogP contribution in [0.1, 0.15) is 82.9 Å². The largest absolute Gasteiger partial charge is 0.247 e. The van der Waals surface area contributed by atoms with Gasteiger partial charge >= 0.3 is 0 Å². The standard InChI is InChI=1S/C42H36N2S/c1-41(2)34-24-25-42(41,3)40-37(34)43-38-35(26-32(28-16-8-4-9-17-28)29-18-10-5-11-19-29)45-36(39(38)44-40)27-33(30-20-12-6-13-21-30)31-22-14-7-15-23-31/h4-23,26-27,34H,24-25H2,1-3H3. The summed E-state index contributed by atoms with van der Waals surface area (Å²) in [6, 6.07) is 42.8. The van der Waals surface area contributed by atoms with Crippen LogP contribution in [0.4, 0.5) is 0 Å². The van der Waals surface area contributed by atoms with Crippen molar-refractivity contribution in [2.75, 3.05) is 0 Å². The Kier molecular flexibility index (Phi) is 6.69. The second-order valence-electron chi connectivity index (χ2n) is 13.2. The molecule has 4 aromatic carbocycles. The Morgan fingerprint density at radius 2 is 1.00 bits per heavy atom. The van der Waals surface area contributed by atoms with E-state index in [1.807, 2.05) is 0 Å². The number of hydrogen-bond donors (Lipinski definition) is 0. The van der Waals surface area contributed by atoms with Gasteiger partial charge in [0.2, 0.25) is 0 Å². The van der Waals surface area contributed by atoms with E-state index in [1.54, 1.807) is 11.3 Å². The minimum absolute atomic E-state index is 0.0358. The van der Waals surface area contributed by atoms with E-state index in [2.05, 4.69) is 154 Å². The topological polar surface area (TPSA) is 25.8 Å². The third-order valence-corrected chi connectivity index (χ3v) is 11.6. The van der Waals surface area contributed by atoms with Crippen LogP contribution >= 0.6 is 11.3 Å². The first-order valence-electron chi connectivity index (χ1n) is 15.9. The summed E-state index contributed by atoms with van der Waals surface area (Å²) in [5.41, 5.74) is 11.8. The van der Waals surface area contributed by atoms with Crippen LogP contribution in [0, 0.1) is 5.41 Å². The van der Waals surface area contributed by atoms with Gasteiger partial charge in [-0.05, 0) is 63.8 Å². The summed E-state index contributed by atoms with van der Waals surface area (Å²) in [6.07, 6.45) is 7.05. The molecule has 2 nitrogen and oxygen atoms in total. The number of benzene rings is 4. The lowest BCUT2D eigenvalue weighted by Crippen LogP contribution is -2.31. The summed E-state index contributed by atoms with van der Waals surface area (Å²) in [6.45, 7) is 7.27. The van der Waals surface area contributed by atoms with Crippen molar-refractivity contribution < 1.29 is 0 Å². The van der Waals surface area contributed by atoms with E-state index in [0.29, 0.717) is 5.92 Å². The zero-order valence-corrected chi connectivity index (χ0v) is 26.8. The summed E-state index contributed by atoms with van der Waals surface area (Å²) in [5, 5.41) is 0. The van der Waals surface area contributed by atoms with Gasteiger partial charge in [0.05, 0.1) is 21.1 Å². The maximum Gasteiger partial charge on any atom is 0.108 e. The summed E-state index contributed by atoms with van der Waals surface area (Å²) < 4.78 is 0. The highest BCUT2D eigenvalue weighted by Crippen LogP contribution is 2.67. The van der Waals surface area contributed by atoms with Crippen LogP contribution in [-0.2, 0) is 5.41 Å². The fraction of sp³-hybridized carbons (Fsp3) is 0.190. The molecule has 0 N–H and O–H groups in total. The molecule has 0 amide bonds. The molecule has 2 aromatic heterocycles. The van der Waals surface area contributed by atoms with Gasteiger partial charge in [-0.25, -0.2) is 9.97 Å². The van der Waals surface area contributed by atoms with Gasteiger partial charge in [0.15, 0.2) is 0 Å². The maximum atomic E-state index is 5.59. The Bertz CT molecular complexity index is 1990. The van der Waals surface area contributed by atoms with Gasteiger partial charge in [0.25, 0.3) is 0 Å². The van der Waals surface area contributed by atoms with Gasteiger partial charge in [0.1, 0.15) is 11.0 Å². The number of nitrogens with zero attached hydrogens (tertiary/aromatic N) is 2. The Hall–Kier alpha value is -4.60. The third-order valence-electron chi connectivity index (χ3n) is 10.6. The predicted molar refractivity (Wildman–Crippen MR) is 190 cm³/mol. The third kappa shape index (κ3) is 4.52. The molecule has 1 saturated carbocycles. The molecule has 2 unspecified atom stereocenters. The van der Waals surface area contributed by atoms with Crippen LogP contribution in [0.25, 0.3) is 34.3 Å². The summed E-state index contributed by atoms with van der Waals surface area (Å²) in [4.78, 5) is 13.5. The zero-order valence-electron chi connectivity index (χ0n) is 26.0. The molecular weight excluding hydrogens is 565 g/mol. The lowest BCUT2D eigenvalue weighted by molar-refractivity contribution is 0.227. The molecule has 2 heterocycles. The smallest absolute Gasteiger partial charge is 0.108 e. The molecule has 3 heteroatoms. The highest BCUT2D eigenvalue weighted by atomic mass is 32.1. The molecule has 2 bridgehead atoms. The SMILES string of the molecule is CC12CCC(c3nc4c(C=C(c5ccccc5)c5ccccc5)sc(C=C(c5ccccc5)c5ccccc5)c4nc31)C2(C)C. The molecule has 2 atom stereocenters. The van der Waals surface area contributed by atoms with Gasteiger partial charge in [-0.15, -0.1) is 11.3 Å².